The zero-order chi connectivity index (χ0) is 24.9. The quantitative estimate of drug-likeness (QED) is 0.659. The van der Waals surface area contributed by atoms with E-state index in [0.29, 0.717) is 0 Å². The zero-order valence-corrected chi connectivity index (χ0v) is 19.1. The molecule has 1 heterocycles. The van der Waals surface area contributed by atoms with E-state index in [1.165, 1.54) is 12.0 Å². The van der Waals surface area contributed by atoms with Gasteiger partial charge in [-0.1, -0.05) is 30.3 Å². The summed E-state index contributed by atoms with van der Waals surface area (Å²) >= 11 is 0. The maximum absolute atomic E-state index is 13.1. The van der Waals surface area contributed by atoms with Gasteiger partial charge >= 0.3 is 12.3 Å². The minimum absolute atomic E-state index is 0.0363. The van der Waals surface area contributed by atoms with E-state index in [0.717, 1.165) is 34.1 Å². The van der Waals surface area contributed by atoms with Crippen LogP contribution in [0, 0.1) is 0 Å². The van der Waals surface area contributed by atoms with Crippen LogP contribution < -0.4 is 5.32 Å². The van der Waals surface area contributed by atoms with Gasteiger partial charge in [0.25, 0.3) is 0 Å². The number of hydrogen-bond acceptors (Lipinski definition) is 5. The second-order valence-electron chi connectivity index (χ2n) is 7.63. The Hall–Kier alpha value is -3.12. The molecule has 1 aliphatic rings. The first-order chi connectivity index (χ1) is 16.0. The maximum atomic E-state index is 13.1. The van der Waals surface area contributed by atoms with E-state index in [-0.39, 0.29) is 43.4 Å². The molecule has 12 heteroatoms. The Morgan fingerprint density at radius 1 is 1.00 bits per heavy atom. The van der Waals surface area contributed by atoms with Gasteiger partial charge in [0.2, 0.25) is 15.9 Å². The van der Waals surface area contributed by atoms with Crippen molar-refractivity contribution < 1.29 is 35.9 Å². The number of methoxy groups -OCH3 is 1. The fraction of sp³-hybridized carbons (Fsp3) is 0.364. The highest BCUT2D eigenvalue weighted by atomic mass is 32.2. The van der Waals surface area contributed by atoms with Crippen LogP contribution in [0.25, 0.3) is 0 Å². The Bertz CT molecular complexity index is 1100. The molecule has 0 spiro atoms. The van der Waals surface area contributed by atoms with Gasteiger partial charge in [-0.25, -0.2) is 13.2 Å². The van der Waals surface area contributed by atoms with Crippen molar-refractivity contribution in [3.05, 3.63) is 65.7 Å². The van der Waals surface area contributed by atoms with E-state index in [1.807, 2.05) is 18.2 Å². The van der Waals surface area contributed by atoms with Crippen LogP contribution in [0.2, 0.25) is 0 Å². The number of alkyl carbamates (subject to hydrolysis) is 1. The molecule has 0 radical (unpaired) electrons. The highest BCUT2D eigenvalue weighted by Crippen LogP contribution is 2.30. The molecule has 0 aromatic heterocycles. The summed E-state index contributed by atoms with van der Waals surface area (Å²) in [7, 11) is -2.84. The average molecular weight is 500 g/mol. The van der Waals surface area contributed by atoms with Crippen LogP contribution in [0.1, 0.15) is 11.1 Å². The van der Waals surface area contributed by atoms with Gasteiger partial charge in [0, 0.05) is 32.6 Å². The lowest BCUT2D eigenvalue weighted by Crippen LogP contribution is -2.56. The summed E-state index contributed by atoms with van der Waals surface area (Å²) in [5, 5.41) is 2.52. The lowest BCUT2D eigenvalue weighted by Gasteiger charge is -2.35. The smallest absolute Gasteiger partial charge is 0.416 e. The number of benzene rings is 2. The van der Waals surface area contributed by atoms with Crippen molar-refractivity contribution >= 4 is 22.0 Å². The number of nitrogens with one attached hydrogen (secondary N) is 1. The fourth-order valence-electron chi connectivity index (χ4n) is 3.59. The van der Waals surface area contributed by atoms with Crippen molar-refractivity contribution in [3.8, 4) is 0 Å². The normalized spacial score (nSPS) is 16.1. The summed E-state index contributed by atoms with van der Waals surface area (Å²) in [6, 6.07) is 11.4. The molecule has 0 saturated carbocycles. The molecular weight excluding hydrogens is 475 g/mol. The number of rotatable bonds is 6. The van der Waals surface area contributed by atoms with Crippen LogP contribution in [-0.2, 0) is 32.2 Å². The second kappa shape index (κ2) is 10.4. The molecule has 184 valence electrons. The predicted molar refractivity (Wildman–Crippen MR) is 116 cm³/mol. The standard InChI is InChI=1S/C22H24F3N3O5S/c1-33-21(30)26-19(15-16-5-3-2-4-6-16)20(29)27-11-13-28(14-12-27)34(31,32)18-9-7-17(8-10-18)22(23,24)25/h2-10,19H,11-15H2,1H3,(H,26,30). The third-order valence-electron chi connectivity index (χ3n) is 5.43. The van der Waals surface area contributed by atoms with Crippen LogP contribution in [-0.4, -0.2) is 69.0 Å². The largest absolute Gasteiger partial charge is 0.453 e. The van der Waals surface area contributed by atoms with Crippen molar-refractivity contribution in [2.24, 2.45) is 0 Å². The Balaban J connectivity index is 1.67. The lowest BCUT2D eigenvalue weighted by molar-refractivity contribution is -0.137. The maximum Gasteiger partial charge on any atom is 0.416 e. The second-order valence-corrected chi connectivity index (χ2v) is 9.57. The molecule has 2 aromatic carbocycles. The molecule has 0 bridgehead atoms. The third-order valence-corrected chi connectivity index (χ3v) is 7.34. The summed E-state index contributed by atoms with van der Waals surface area (Å²) in [4.78, 5) is 26.0. The van der Waals surface area contributed by atoms with Gasteiger partial charge in [-0.05, 0) is 29.8 Å². The van der Waals surface area contributed by atoms with Gasteiger partial charge < -0.3 is 15.0 Å². The van der Waals surface area contributed by atoms with Crippen LogP contribution in [0.4, 0.5) is 18.0 Å². The molecule has 2 amide bonds. The van der Waals surface area contributed by atoms with E-state index in [2.05, 4.69) is 10.1 Å². The summed E-state index contributed by atoms with van der Waals surface area (Å²) < 4.78 is 69.7. The molecule has 1 unspecified atom stereocenters. The van der Waals surface area contributed by atoms with Crippen LogP contribution >= 0.6 is 0 Å². The number of piperazine rings is 1. The summed E-state index contributed by atoms with van der Waals surface area (Å²) in [5.74, 6) is -0.388. The number of nitrogens with zero attached hydrogens (tertiary/aromatic N) is 2. The molecule has 1 N–H and O–H groups in total. The number of amides is 2. The summed E-state index contributed by atoms with van der Waals surface area (Å²) in [6.07, 6.45) is -5.11. The van der Waals surface area contributed by atoms with Crippen LogP contribution in [0.5, 0.6) is 0 Å². The van der Waals surface area contributed by atoms with Crippen molar-refractivity contribution in [2.45, 2.75) is 23.5 Å². The first-order valence-corrected chi connectivity index (χ1v) is 11.8. The van der Waals surface area contributed by atoms with E-state index in [4.69, 9.17) is 0 Å². The third kappa shape index (κ3) is 6.06. The first-order valence-electron chi connectivity index (χ1n) is 10.4. The Kier molecular flexibility index (Phi) is 7.82. The van der Waals surface area contributed by atoms with E-state index in [1.54, 1.807) is 12.1 Å². The highest BCUT2D eigenvalue weighted by Gasteiger charge is 2.34. The molecule has 1 fully saturated rings. The molecule has 1 atom stereocenters. The van der Waals surface area contributed by atoms with Crippen LogP contribution in [0.15, 0.2) is 59.5 Å². The number of alkyl halides is 3. The van der Waals surface area contributed by atoms with Crippen molar-refractivity contribution in [1.82, 2.24) is 14.5 Å². The van der Waals surface area contributed by atoms with Gasteiger partial charge in [-0.15, -0.1) is 0 Å². The van der Waals surface area contributed by atoms with Crippen LogP contribution in [0.3, 0.4) is 0 Å². The van der Waals surface area contributed by atoms with Gasteiger partial charge in [-0.3, -0.25) is 4.79 Å². The van der Waals surface area contributed by atoms with Crippen molar-refractivity contribution in [1.29, 1.82) is 0 Å². The van der Waals surface area contributed by atoms with Crippen molar-refractivity contribution in [3.63, 3.8) is 0 Å². The Labute approximate surface area is 195 Å². The van der Waals surface area contributed by atoms with E-state index in [9.17, 15) is 31.2 Å². The molecule has 3 rings (SSSR count). The molecule has 34 heavy (non-hydrogen) atoms. The Morgan fingerprint density at radius 3 is 2.12 bits per heavy atom. The number of carbonyl (C=O) groups is 2. The van der Waals surface area contributed by atoms with Gasteiger partial charge in [0.1, 0.15) is 6.04 Å². The summed E-state index contributed by atoms with van der Waals surface area (Å²) in [5.41, 5.74) is -0.120. The Morgan fingerprint density at radius 2 is 1.59 bits per heavy atom. The predicted octanol–water partition coefficient (Wildman–Crippen LogP) is 2.51. The fourth-order valence-corrected chi connectivity index (χ4v) is 5.01. The number of ether oxygens (including phenoxy) is 1. The number of halogens is 3. The topological polar surface area (TPSA) is 96.0 Å². The van der Waals surface area contributed by atoms with Crippen molar-refractivity contribution in [2.75, 3.05) is 33.3 Å². The molecule has 1 saturated heterocycles. The van der Waals surface area contributed by atoms with E-state index < -0.39 is 33.9 Å². The number of hydrogen-bond donors (Lipinski definition) is 1. The lowest BCUT2D eigenvalue weighted by atomic mass is 10.0. The number of sulfonamides is 1. The van der Waals surface area contributed by atoms with Gasteiger partial charge in [0.15, 0.2) is 0 Å². The zero-order valence-electron chi connectivity index (χ0n) is 18.3. The minimum Gasteiger partial charge on any atom is -0.453 e. The van der Waals surface area contributed by atoms with E-state index >= 15 is 0 Å². The molecule has 8 nitrogen and oxygen atoms in total. The monoisotopic (exact) mass is 499 g/mol. The number of carbonyl (C=O) groups excluding carboxylic acids is 2. The molecule has 0 aliphatic carbocycles. The van der Waals surface area contributed by atoms with Gasteiger partial charge in [0.05, 0.1) is 17.6 Å². The summed E-state index contributed by atoms with van der Waals surface area (Å²) in [6.45, 7) is 0.0520. The molecule has 2 aromatic rings. The SMILES string of the molecule is COC(=O)NC(Cc1ccccc1)C(=O)N1CCN(S(=O)(=O)c2ccc(C(F)(F)F)cc2)CC1. The first kappa shape index (κ1) is 25.5. The molecule has 1 aliphatic heterocycles. The van der Waals surface area contributed by atoms with Gasteiger partial charge in [-0.2, -0.15) is 17.5 Å². The highest BCUT2D eigenvalue weighted by molar-refractivity contribution is 7.89. The average Bonchev–Trinajstić information content (AvgIpc) is 2.83. The molecular formula is C22H24F3N3O5S. The minimum atomic E-state index is -4.57.